The van der Waals surface area contributed by atoms with Crippen molar-refractivity contribution in [2.45, 2.75) is 123 Å². The zero-order valence-electron chi connectivity index (χ0n) is 18.4. The summed E-state index contributed by atoms with van der Waals surface area (Å²) in [4.78, 5) is 6.66. The van der Waals surface area contributed by atoms with Crippen LogP contribution in [0.25, 0.3) is 0 Å². The highest BCUT2D eigenvalue weighted by molar-refractivity contribution is 4.61. The minimum atomic E-state index is 0.896. The summed E-state index contributed by atoms with van der Waals surface area (Å²) in [7, 11) is 0. The van der Waals surface area contributed by atoms with Gasteiger partial charge in [-0.2, -0.15) is 5.10 Å². The van der Waals surface area contributed by atoms with Crippen molar-refractivity contribution in [1.29, 1.82) is 0 Å². The maximum absolute atomic E-state index is 4.29. The van der Waals surface area contributed by atoms with Gasteiger partial charge in [0.1, 0.15) is 12.7 Å². The average Bonchev–Trinajstić information content (AvgIpc) is 3.18. The fourth-order valence-corrected chi connectivity index (χ4v) is 3.70. The van der Waals surface area contributed by atoms with Crippen LogP contribution in [0.2, 0.25) is 0 Å². The molecule has 0 saturated heterocycles. The van der Waals surface area contributed by atoms with E-state index in [1.165, 1.54) is 116 Å². The first-order valence-electron chi connectivity index (χ1n) is 11.9. The normalized spacial score (nSPS) is 11.5. The van der Waals surface area contributed by atoms with Gasteiger partial charge in [0.2, 0.25) is 0 Å². The average molecular weight is 379 g/mol. The molecule has 0 N–H and O–H groups in total. The fourth-order valence-electron chi connectivity index (χ4n) is 3.70. The molecule has 0 unspecified atom stereocenters. The number of aromatic nitrogens is 3. The molecule has 0 aliphatic rings. The Kier molecular flexibility index (Phi) is 16.5. The minimum Gasteiger partial charge on any atom is -0.284 e. The van der Waals surface area contributed by atoms with Gasteiger partial charge in [-0.05, 0) is 25.9 Å². The lowest BCUT2D eigenvalue weighted by Crippen LogP contribution is -2.29. The summed E-state index contributed by atoms with van der Waals surface area (Å²) in [5.41, 5.74) is 0. The van der Waals surface area contributed by atoms with Crippen LogP contribution in [0.3, 0.4) is 0 Å². The maximum Gasteiger partial charge on any atom is 0.137 e. The van der Waals surface area contributed by atoms with Crippen LogP contribution in [-0.2, 0) is 6.67 Å². The van der Waals surface area contributed by atoms with Gasteiger partial charge in [0.15, 0.2) is 0 Å². The molecule has 158 valence electrons. The number of nitrogens with zero attached hydrogens (tertiary/aromatic N) is 4. The molecule has 4 nitrogen and oxygen atoms in total. The maximum atomic E-state index is 4.29. The van der Waals surface area contributed by atoms with E-state index in [9.17, 15) is 0 Å². The van der Waals surface area contributed by atoms with E-state index in [1.54, 1.807) is 6.33 Å². The van der Waals surface area contributed by atoms with E-state index in [1.807, 2.05) is 11.0 Å². The number of unbranched alkanes of at least 4 members (excludes halogenated alkanes) is 14. The summed E-state index contributed by atoms with van der Waals surface area (Å²) in [5.74, 6) is 0. The van der Waals surface area contributed by atoms with Crippen LogP contribution in [0.1, 0.15) is 117 Å². The molecule has 0 fully saturated rings. The lowest BCUT2D eigenvalue weighted by molar-refractivity contribution is 0.198. The highest BCUT2D eigenvalue weighted by Crippen LogP contribution is 2.11. The number of hydrogen-bond acceptors (Lipinski definition) is 3. The predicted octanol–water partition coefficient (Wildman–Crippen LogP) is 6.82. The van der Waals surface area contributed by atoms with Crippen molar-refractivity contribution < 1.29 is 0 Å². The molecule has 0 saturated carbocycles. The van der Waals surface area contributed by atoms with Crippen molar-refractivity contribution in [2.75, 3.05) is 13.1 Å². The Hall–Kier alpha value is -0.900. The second-order valence-corrected chi connectivity index (χ2v) is 8.14. The van der Waals surface area contributed by atoms with Crippen molar-refractivity contribution in [2.24, 2.45) is 0 Å². The van der Waals surface area contributed by atoms with Crippen molar-refractivity contribution in [3.05, 3.63) is 12.7 Å². The Morgan fingerprint density at radius 1 is 0.630 bits per heavy atom. The van der Waals surface area contributed by atoms with Crippen LogP contribution in [0.4, 0.5) is 0 Å². The van der Waals surface area contributed by atoms with Crippen molar-refractivity contribution in [1.82, 2.24) is 19.7 Å². The monoisotopic (exact) mass is 378 g/mol. The number of rotatable bonds is 20. The topological polar surface area (TPSA) is 34.0 Å². The quantitative estimate of drug-likeness (QED) is 0.233. The summed E-state index contributed by atoms with van der Waals surface area (Å²) in [6, 6.07) is 0. The Morgan fingerprint density at radius 3 is 1.48 bits per heavy atom. The molecular weight excluding hydrogens is 332 g/mol. The highest BCUT2D eigenvalue weighted by atomic mass is 15.4. The van der Waals surface area contributed by atoms with Gasteiger partial charge in [0.25, 0.3) is 0 Å². The molecule has 1 heterocycles. The van der Waals surface area contributed by atoms with E-state index >= 15 is 0 Å². The molecule has 0 amide bonds. The van der Waals surface area contributed by atoms with E-state index in [0.717, 1.165) is 6.67 Å². The van der Waals surface area contributed by atoms with Crippen molar-refractivity contribution >= 4 is 0 Å². The van der Waals surface area contributed by atoms with E-state index < -0.39 is 0 Å². The summed E-state index contributed by atoms with van der Waals surface area (Å²) in [6.45, 7) is 7.87. The molecule has 0 bridgehead atoms. The van der Waals surface area contributed by atoms with Gasteiger partial charge in [-0.1, -0.05) is 104 Å². The first-order valence-corrected chi connectivity index (χ1v) is 11.9. The van der Waals surface area contributed by atoms with Gasteiger partial charge in [-0.3, -0.25) is 4.90 Å². The predicted molar refractivity (Wildman–Crippen MR) is 117 cm³/mol. The lowest BCUT2D eigenvalue weighted by atomic mass is 10.1. The molecule has 0 radical (unpaired) electrons. The third kappa shape index (κ3) is 14.8. The minimum absolute atomic E-state index is 0.896. The van der Waals surface area contributed by atoms with Gasteiger partial charge < -0.3 is 0 Å². The van der Waals surface area contributed by atoms with E-state index in [2.05, 4.69) is 28.8 Å². The third-order valence-electron chi connectivity index (χ3n) is 5.47. The van der Waals surface area contributed by atoms with Crippen LogP contribution < -0.4 is 0 Å². The summed E-state index contributed by atoms with van der Waals surface area (Å²) < 4.78 is 1.97. The molecule has 0 aliphatic carbocycles. The standard InChI is InChI=1S/C23H46N4/c1-3-5-7-9-11-13-15-17-19-26(23-27-22-24-21-25-27)20-18-16-14-12-10-8-6-4-2/h21-22H,3-20,23H2,1-2H3. The van der Waals surface area contributed by atoms with E-state index in [0.29, 0.717) is 0 Å². The molecular formula is C23H46N4. The van der Waals surface area contributed by atoms with Crippen molar-refractivity contribution in [3.63, 3.8) is 0 Å². The smallest absolute Gasteiger partial charge is 0.137 e. The van der Waals surface area contributed by atoms with Gasteiger partial charge in [-0.15, -0.1) is 0 Å². The van der Waals surface area contributed by atoms with Crippen molar-refractivity contribution in [3.8, 4) is 0 Å². The Morgan fingerprint density at radius 2 is 1.07 bits per heavy atom. The summed E-state index contributed by atoms with van der Waals surface area (Å²) in [5, 5.41) is 4.29. The second-order valence-electron chi connectivity index (χ2n) is 8.14. The van der Waals surface area contributed by atoms with Gasteiger partial charge in [-0.25, -0.2) is 9.67 Å². The Bertz CT molecular complexity index is 371. The summed E-state index contributed by atoms with van der Waals surface area (Å²) >= 11 is 0. The molecule has 1 rings (SSSR count). The SMILES string of the molecule is CCCCCCCCCCN(CCCCCCCCCC)Cn1cncn1. The van der Waals surface area contributed by atoms with E-state index in [-0.39, 0.29) is 0 Å². The highest BCUT2D eigenvalue weighted by Gasteiger charge is 2.06. The van der Waals surface area contributed by atoms with Crippen LogP contribution in [-0.4, -0.2) is 32.8 Å². The molecule has 27 heavy (non-hydrogen) atoms. The fraction of sp³-hybridized carbons (Fsp3) is 0.913. The van der Waals surface area contributed by atoms with Crippen LogP contribution in [0.15, 0.2) is 12.7 Å². The van der Waals surface area contributed by atoms with Crippen LogP contribution in [0.5, 0.6) is 0 Å². The van der Waals surface area contributed by atoms with Gasteiger partial charge >= 0.3 is 0 Å². The zero-order chi connectivity index (χ0) is 19.4. The molecule has 4 heteroatoms. The molecule has 0 spiro atoms. The Labute approximate surface area is 169 Å². The number of hydrogen-bond donors (Lipinski definition) is 0. The molecule has 1 aromatic heterocycles. The largest absolute Gasteiger partial charge is 0.284 e. The lowest BCUT2D eigenvalue weighted by Gasteiger charge is -2.22. The summed E-state index contributed by atoms with van der Waals surface area (Å²) in [6.07, 6.45) is 25.7. The molecule has 0 atom stereocenters. The molecule has 1 aromatic rings. The first-order chi connectivity index (χ1) is 13.4. The molecule has 0 aliphatic heterocycles. The zero-order valence-corrected chi connectivity index (χ0v) is 18.4. The second kappa shape index (κ2) is 18.5. The van der Waals surface area contributed by atoms with Gasteiger partial charge in [0.05, 0.1) is 6.67 Å². The van der Waals surface area contributed by atoms with Gasteiger partial charge in [0, 0.05) is 0 Å². The van der Waals surface area contributed by atoms with E-state index in [4.69, 9.17) is 0 Å². The Balaban J connectivity index is 2.10. The first kappa shape index (κ1) is 24.1. The van der Waals surface area contributed by atoms with Crippen LogP contribution in [0, 0.1) is 0 Å². The van der Waals surface area contributed by atoms with Crippen LogP contribution >= 0.6 is 0 Å². The molecule has 0 aromatic carbocycles. The third-order valence-corrected chi connectivity index (χ3v) is 5.47.